The van der Waals surface area contributed by atoms with Crippen molar-refractivity contribution in [2.45, 2.75) is 12.7 Å². The van der Waals surface area contributed by atoms with Crippen molar-refractivity contribution in [3.05, 3.63) is 76.8 Å². The van der Waals surface area contributed by atoms with Gasteiger partial charge in [-0.3, -0.25) is 4.79 Å². The number of benzene rings is 2. The molecule has 0 unspecified atom stereocenters. The number of carbonyl (C=O) groups is 2. The molecule has 0 spiro atoms. The van der Waals surface area contributed by atoms with E-state index in [1.807, 2.05) is 30.3 Å². The quantitative estimate of drug-likeness (QED) is 0.532. The van der Waals surface area contributed by atoms with Crippen LogP contribution >= 0.6 is 11.3 Å². The number of carbonyl (C=O) groups excluding carboxylic acids is 2. The predicted octanol–water partition coefficient (Wildman–Crippen LogP) is 4.57. The fourth-order valence-electron chi connectivity index (χ4n) is 2.40. The largest absolute Gasteiger partial charge is 0.451 e. The lowest BCUT2D eigenvalue weighted by Crippen LogP contribution is -2.21. The summed E-state index contributed by atoms with van der Waals surface area (Å²) in [6.45, 7) is -0.123. The molecule has 0 bridgehead atoms. The van der Waals surface area contributed by atoms with Gasteiger partial charge in [0.05, 0.1) is 5.56 Å². The predicted molar refractivity (Wildman–Crippen MR) is 106 cm³/mol. The third kappa shape index (κ3) is 6.05. The summed E-state index contributed by atoms with van der Waals surface area (Å²) < 4.78 is 43.0. The Balaban J connectivity index is 1.48. The van der Waals surface area contributed by atoms with Gasteiger partial charge in [-0.25, -0.2) is 9.78 Å². The number of hydrogen-bond donors (Lipinski definition) is 2. The Kier molecular flexibility index (Phi) is 6.68. The smallest absolute Gasteiger partial charge is 0.416 e. The number of esters is 1. The summed E-state index contributed by atoms with van der Waals surface area (Å²) >= 11 is 1.21. The van der Waals surface area contributed by atoms with Crippen LogP contribution in [0.2, 0.25) is 0 Å². The molecule has 30 heavy (non-hydrogen) atoms. The first kappa shape index (κ1) is 21.3. The minimum atomic E-state index is -4.52. The van der Waals surface area contributed by atoms with Crippen molar-refractivity contribution in [2.75, 3.05) is 17.2 Å². The molecule has 6 nitrogen and oxygen atoms in total. The van der Waals surface area contributed by atoms with E-state index in [2.05, 4.69) is 15.6 Å². The SMILES string of the molecule is O=C(COC(=O)c1csc(NCc2ccccc2)n1)Nc1cccc(C(F)(F)F)c1. The van der Waals surface area contributed by atoms with E-state index in [0.29, 0.717) is 11.7 Å². The maximum absolute atomic E-state index is 12.7. The van der Waals surface area contributed by atoms with Gasteiger partial charge in [0.1, 0.15) is 0 Å². The minimum Gasteiger partial charge on any atom is -0.451 e. The van der Waals surface area contributed by atoms with Gasteiger partial charge in [0, 0.05) is 17.6 Å². The van der Waals surface area contributed by atoms with Crippen molar-refractivity contribution in [2.24, 2.45) is 0 Å². The summed E-state index contributed by atoms with van der Waals surface area (Å²) in [5.74, 6) is -1.57. The van der Waals surface area contributed by atoms with Crippen molar-refractivity contribution >= 4 is 34.0 Å². The zero-order valence-electron chi connectivity index (χ0n) is 15.4. The average molecular weight is 435 g/mol. The van der Waals surface area contributed by atoms with Crippen LogP contribution < -0.4 is 10.6 Å². The molecule has 0 aliphatic heterocycles. The molecule has 2 N–H and O–H groups in total. The fraction of sp³-hybridized carbons (Fsp3) is 0.150. The second-order valence-electron chi connectivity index (χ2n) is 6.08. The molecule has 0 aliphatic rings. The van der Waals surface area contributed by atoms with E-state index >= 15 is 0 Å². The van der Waals surface area contributed by atoms with Crippen molar-refractivity contribution in [3.63, 3.8) is 0 Å². The Labute approximate surface area is 173 Å². The molecule has 0 saturated carbocycles. The fourth-order valence-corrected chi connectivity index (χ4v) is 3.08. The lowest BCUT2D eigenvalue weighted by Gasteiger charge is -2.10. The Hall–Kier alpha value is -3.40. The summed E-state index contributed by atoms with van der Waals surface area (Å²) in [6.07, 6.45) is -4.52. The van der Waals surface area contributed by atoms with Crippen LogP contribution in [0.15, 0.2) is 60.0 Å². The molecular weight excluding hydrogens is 419 g/mol. The number of nitrogens with zero attached hydrogens (tertiary/aromatic N) is 1. The van der Waals surface area contributed by atoms with E-state index < -0.39 is 30.2 Å². The van der Waals surface area contributed by atoms with Gasteiger partial charge in [-0.2, -0.15) is 13.2 Å². The third-order valence-corrected chi connectivity index (χ3v) is 4.61. The lowest BCUT2D eigenvalue weighted by molar-refractivity contribution is -0.137. The number of amides is 1. The molecule has 10 heteroatoms. The van der Waals surface area contributed by atoms with Crippen molar-refractivity contribution in [1.82, 2.24) is 4.98 Å². The Morgan fingerprint density at radius 1 is 1.07 bits per heavy atom. The number of aromatic nitrogens is 1. The molecule has 1 heterocycles. The zero-order valence-corrected chi connectivity index (χ0v) is 16.2. The number of hydrogen-bond acceptors (Lipinski definition) is 6. The van der Waals surface area contributed by atoms with E-state index in [0.717, 1.165) is 17.7 Å². The monoisotopic (exact) mass is 435 g/mol. The van der Waals surface area contributed by atoms with E-state index in [1.54, 1.807) is 0 Å². The van der Waals surface area contributed by atoms with E-state index in [9.17, 15) is 22.8 Å². The number of alkyl halides is 3. The molecular formula is C20H16F3N3O3S. The van der Waals surface area contributed by atoms with Crippen molar-refractivity contribution in [3.8, 4) is 0 Å². The summed E-state index contributed by atoms with van der Waals surface area (Å²) in [5.41, 5.74) is 0.132. The topological polar surface area (TPSA) is 80.3 Å². The van der Waals surface area contributed by atoms with Crippen LogP contribution in [-0.2, 0) is 22.3 Å². The van der Waals surface area contributed by atoms with Crippen LogP contribution in [0.3, 0.4) is 0 Å². The van der Waals surface area contributed by atoms with Crippen molar-refractivity contribution in [1.29, 1.82) is 0 Å². The maximum atomic E-state index is 12.7. The number of anilines is 2. The molecule has 2 aromatic carbocycles. The van der Waals surface area contributed by atoms with Crippen LogP contribution in [-0.4, -0.2) is 23.5 Å². The van der Waals surface area contributed by atoms with Gasteiger partial charge in [-0.15, -0.1) is 11.3 Å². The highest BCUT2D eigenvalue weighted by molar-refractivity contribution is 7.13. The number of ether oxygens (including phenoxy) is 1. The van der Waals surface area contributed by atoms with Gasteiger partial charge in [0.2, 0.25) is 0 Å². The van der Waals surface area contributed by atoms with E-state index in [4.69, 9.17) is 4.74 Å². The van der Waals surface area contributed by atoms with Gasteiger partial charge in [-0.05, 0) is 23.8 Å². The summed E-state index contributed by atoms with van der Waals surface area (Å²) in [7, 11) is 0. The van der Waals surface area contributed by atoms with Gasteiger partial charge >= 0.3 is 12.1 Å². The normalized spacial score (nSPS) is 11.0. The van der Waals surface area contributed by atoms with Crippen LogP contribution in [0.5, 0.6) is 0 Å². The number of nitrogens with one attached hydrogen (secondary N) is 2. The first-order valence-electron chi connectivity index (χ1n) is 8.69. The van der Waals surface area contributed by atoms with Crippen LogP contribution in [0, 0.1) is 0 Å². The highest BCUT2D eigenvalue weighted by Gasteiger charge is 2.30. The first-order chi connectivity index (χ1) is 14.3. The lowest BCUT2D eigenvalue weighted by atomic mass is 10.2. The molecule has 0 aliphatic carbocycles. The number of rotatable bonds is 7. The van der Waals surface area contributed by atoms with Gasteiger partial charge < -0.3 is 15.4 Å². The molecule has 0 saturated heterocycles. The molecule has 1 amide bonds. The van der Waals surface area contributed by atoms with Gasteiger partial charge in [-0.1, -0.05) is 36.4 Å². The summed E-state index contributed by atoms with van der Waals surface area (Å²) in [4.78, 5) is 28.0. The molecule has 3 aromatic rings. The van der Waals surface area contributed by atoms with Crippen LogP contribution in [0.25, 0.3) is 0 Å². The summed E-state index contributed by atoms with van der Waals surface area (Å²) in [6, 6.07) is 13.8. The Morgan fingerprint density at radius 3 is 2.57 bits per heavy atom. The van der Waals surface area contributed by atoms with E-state index in [1.165, 1.54) is 28.8 Å². The average Bonchev–Trinajstić information content (AvgIpc) is 3.20. The molecule has 1 aromatic heterocycles. The number of thiazole rings is 1. The maximum Gasteiger partial charge on any atom is 0.416 e. The van der Waals surface area contributed by atoms with Gasteiger partial charge in [0.25, 0.3) is 5.91 Å². The molecule has 3 rings (SSSR count). The van der Waals surface area contributed by atoms with Crippen LogP contribution in [0.4, 0.5) is 24.0 Å². The molecule has 0 fully saturated rings. The first-order valence-corrected chi connectivity index (χ1v) is 9.57. The number of halogens is 3. The Morgan fingerprint density at radius 2 is 1.83 bits per heavy atom. The third-order valence-electron chi connectivity index (χ3n) is 3.81. The Bertz CT molecular complexity index is 1020. The zero-order chi connectivity index (χ0) is 21.6. The van der Waals surface area contributed by atoms with E-state index in [-0.39, 0.29) is 11.4 Å². The minimum absolute atomic E-state index is 0.0300. The van der Waals surface area contributed by atoms with Gasteiger partial charge in [0.15, 0.2) is 17.4 Å². The molecule has 0 atom stereocenters. The highest BCUT2D eigenvalue weighted by atomic mass is 32.1. The van der Waals surface area contributed by atoms with Crippen molar-refractivity contribution < 1.29 is 27.5 Å². The molecule has 156 valence electrons. The van der Waals surface area contributed by atoms with Crippen LogP contribution in [0.1, 0.15) is 21.6 Å². The molecule has 0 radical (unpaired) electrons. The second-order valence-corrected chi connectivity index (χ2v) is 6.94. The standard InChI is InChI=1S/C20H16F3N3O3S/c21-20(22,23)14-7-4-8-15(9-14)25-17(27)11-29-18(28)16-12-30-19(26-16)24-10-13-5-2-1-3-6-13/h1-9,12H,10-11H2,(H,24,26)(H,25,27). The summed E-state index contributed by atoms with van der Waals surface area (Å²) in [5, 5.41) is 7.34. The second kappa shape index (κ2) is 9.40. The highest BCUT2D eigenvalue weighted by Crippen LogP contribution is 2.30.